The Kier molecular flexibility index (Phi) is 4.24. The lowest BCUT2D eigenvalue weighted by atomic mass is 9.97. The molecule has 1 aliphatic rings. The Bertz CT molecular complexity index is 179. The van der Waals surface area contributed by atoms with E-state index in [2.05, 4.69) is 5.32 Å². The van der Waals surface area contributed by atoms with Gasteiger partial charge in [-0.25, -0.2) is 0 Å². The van der Waals surface area contributed by atoms with Crippen LogP contribution in [0.4, 0.5) is 0 Å². The monoisotopic (exact) mass is 207 g/mol. The Morgan fingerprint density at radius 3 is 2.36 bits per heavy atom. The molecule has 6 heteroatoms. The molecule has 0 saturated carbocycles. The summed E-state index contributed by atoms with van der Waals surface area (Å²) in [7, 11) is 0. The lowest BCUT2D eigenvalue weighted by Crippen LogP contribution is -2.63. The number of rotatable bonds is 3. The molecule has 14 heavy (non-hydrogen) atoms. The van der Waals surface area contributed by atoms with E-state index in [1.807, 2.05) is 6.92 Å². The van der Waals surface area contributed by atoms with Crippen LogP contribution in [0.5, 0.6) is 0 Å². The van der Waals surface area contributed by atoms with Crippen molar-refractivity contribution in [3.8, 4) is 0 Å². The highest BCUT2D eigenvalue weighted by Crippen LogP contribution is 2.19. The summed E-state index contributed by atoms with van der Waals surface area (Å²) in [4.78, 5) is 0. The van der Waals surface area contributed by atoms with E-state index in [1.54, 1.807) is 0 Å². The van der Waals surface area contributed by atoms with Crippen molar-refractivity contribution in [2.45, 2.75) is 37.6 Å². The van der Waals surface area contributed by atoms with Gasteiger partial charge in [0.25, 0.3) is 0 Å². The van der Waals surface area contributed by atoms with Gasteiger partial charge in [0.2, 0.25) is 0 Å². The van der Waals surface area contributed by atoms with Gasteiger partial charge >= 0.3 is 0 Å². The Labute approximate surface area is 82.1 Å². The first-order valence-electron chi connectivity index (χ1n) is 4.65. The first-order chi connectivity index (χ1) is 6.61. The molecule has 0 unspecified atom stereocenters. The molecule has 1 rings (SSSR count). The van der Waals surface area contributed by atoms with Gasteiger partial charge in [0.05, 0.1) is 12.6 Å². The number of hydrogen-bond donors (Lipinski definition) is 5. The third kappa shape index (κ3) is 2.22. The van der Waals surface area contributed by atoms with Gasteiger partial charge in [-0.15, -0.1) is 0 Å². The van der Waals surface area contributed by atoms with Gasteiger partial charge < -0.3 is 30.5 Å². The summed E-state index contributed by atoms with van der Waals surface area (Å²) in [5, 5.41) is 40.0. The highest BCUT2D eigenvalue weighted by molar-refractivity contribution is 4.92. The quantitative estimate of drug-likeness (QED) is 0.348. The van der Waals surface area contributed by atoms with Crippen molar-refractivity contribution >= 4 is 0 Å². The summed E-state index contributed by atoms with van der Waals surface area (Å²) in [6.45, 7) is 1.91. The van der Waals surface area contributed by atoms with Gasteiger partial charge in [0.15, 0.2) is 6.29 Å². The number of ether oxygens (including phenoxy) is 1. The van der Waals surface area contributed by atoms with Gasteiger partial charge in [0.1, 0.15) is 18.3 Å². The van der Waals surface area contributed by atoms with Crippen molar-refractivity contribution in [2.24, 2.45) is 0 Å². The summed E-state index contributed by atoms with van der Waals surface area (Å²) in [5.41, 5.74) is 0. The maximum Gasteiger partial charge on any atom is 0.173 e. The van der Waals surface area contributed by atoms with E-state index in [-0.39, 0.29) is 0 Å². The molecule has 0 bridgehead atoms. The molecule has 0 aromatic heterocycles. The van der Waals surface area contributed by atoms with E-state index in [9.17, 15) is 15.3 Å². The van der Waals surface area contributed by atoms with Crippen molar-refractivity contribution < 1.29 is 25.2 Å². The maximum absolute atomic E-state index is 9.58. The molecule has 1 fully saturated rings. The Hall–Kier alpha value is -0.240. The SMILES string of the molecule is CCN[C@@H]1[C@@H](O)[C@H](O)[C@@H](CO)O[C@@H]1O. The van der Waals surface area contributed by atoms with Gasteiger partial charge in [-0.3, -0.25) is 0 Å². The number of aliphatic hydroxyl groups excluding tert-OH is 4. The summed E-state index contributed by atoms with van der Waals surface area (Å²) < 4.78 is 4.92. The molecule has 5 atom stereocenters. The third-order valence-corrected chi connectivity index (χ3v) is 2.34. The smallest absolute Gasteiger partial charge is 0.173 e. The van der Waals surface area contributed by atoms with Crippen LogP contribution in [0.15, 0.2) is 0 Å². The second-order valence-corrected chi connectivity index (χ2v) is 3.31. The standard InChI is InChI=1S/C8H17NO5/c1-2-9-5-7(12)6(11)4(3-10)14-8(5)13/h4-13H,2-3H2,1H3/t4-,5-,6-,7-,8+/m1/s1. The first-order valence-corrected chi connectivity index (χ1v) is 4.65. The lowest BCUT2D eigenvalue weighted by molar-refractivity contribution is -0.254. The van der Waals surface area contributed by atoms with Crippen LogP contribution in [-0.4, -0.2) is 64.2 Å². The highest BCUT2D eigenvalue weighted by Gasteiger charge is 2.42. The molecule has 0 radical (unpaired) electrons. The summed E-state index contributed by atoms with van der Waals surface area (Å²) in [6.07, 6.45) is -4.48. The Morgan fingerprint density at radius 2 is 1.86 bits per heavy atom. The van der Waals surface area contributed by atoms with Crippen molar-refractivity contribution in [1.82, 2.24) is 5.32 Å². The molecule has 6 nitrogen and oxygen atoms in total. The van der Waals surface area contributed by atoms with Crippen LogP contribution in [0.2, 0.25) is 0 Å². The topological polar surface area (TPSA) is 102 Å². The van der Waals surface area contributed by atoms with E-state index >= 15 is 0 Å². The molecule has 0 aromatic carbocycles. The molecule has 0 amide bonds. The predicted octanol–water partition coefficient (Wildman–Crippen LogP) is -2.60. The number of aliphatic hydroxyl groups is 4. The molecule has 1 aliphatic heterocycles. The molecule has 0 aliphatic carbocycles. The average Bonchev–Trinajstić information content (AvgIpc) is 2.18. The normalized spacial score (nSPS) is 43.9. The first kappa shape index (κ1) is 11.8. The fourth-order valence-electron chi connectivity index (χ4n) is 1.55. The number of nitrogens with one attached hydrogen (secondary N) is 1. The Balaban J connectivity index is 2.63. The van der Waals surface area contributed by atoms with Crippen LogP contribution in [-0.2, 0) is 4.74 Å². The Morgan fingerprint density at radius 1 is 1.21 bits per heavy atom. The van der Waals surface area contributed by atoms with Gasteiger partial charge in [-0.2, -0.15) is 0 Å². The number of hydrogen-bond acceptors (Lipinski definition) is 6. The fourth-order valence-corrected chi connectivity index (χ4v) is 1.55. The predicted molar refractivity (Wildman–Crippen MR) is 47.4 cm³/mol. The van der Waals surface area contributed by atoms with Crippen LogP contribution in [0.1, 0.15) is 6.92 Å². The second-order valence-electron chi connectivity index (χ2n) is 3.31. The molecule has 84 valence electrons. The van der Waals surface area contributed by atoms with E-state index in [4.69, 9.17) is 9.84 Å². The van der Waals surface area contributed by atoms with Crippen LogP contribution < -0.4 is 5.32 Å². The van der Waals surface area contributed by atoms with Crippen molar-refractivity contribution in [2.75, 3.05) is 13.2 Å². The zero-order valence-corrected chi connectivity index (χ0v) is 8.00. The summed E-state index contributed by atoms with van der Waals surface area (Å²) in [5.74, 6) is 0. The van der Waals surface area contributed by atoms with Crippen LogP contribution in [0.25, 0.3) is 0 Å². The lowest BCUT2D eigenvalue weighted by Gasteiger charge is -2.40. The minimum Gasteiger partial charge on any atom is -0.394 e. The summed E-state index contributed by atoms with van der Waals surface area (Å²) >= 11 is 0. The summed E-state index contributed by atoms with van der Waals surface area (Å²) in [6, 6.07) is -0.724. The second kappa shape index (κ2) is 5.01. The fraction of sp³-hybridized carbons (Fsp3) is 1.00. The number of likely N-dealkylation sites (N-methyl/N-ethyl adjacent to an activating group) is 1. The van der Waals surface area contributed by atoms with Crippen molar-refractivity contribution in [3.63, 3.8) is 0 Å². The van der Waals surface area contributed by atoms with E-state index in [0.717, 1.165) is 0 Å². The molecule has 0 aromatic rings. The van der Waals surface area contributed by atoms with Gasteiger partial charge in [-0.1, -0.05) is 6.92 Å². The largest absolute Gasteiger partial charge is 0.394 e. The van der Waals surface area contributed by atoms with E-state index < -0.39 is 37.3 Å². The molecule has 1 saturated heterocycles. The minimum atomic E-state index is -1.22. The molecule has 1 heterocycles. The van der Waals surface area contributed by atoms with Crippen molar-refractivity contribution in [1.29, 1.82) is 0 Å². The van der Waals surface area contributed by atoms with E-state index in [1.165, 1.54) is 0 Å². The average molecular weight is 207 g/mol. The van der Waals surface area contributed by atoms with Gasteiger partial charge in [-0.05, 0) is 6.54 Å². The molecule has 0 spiro atoms. The van der Waals surface area contributed by atoms with Crippen LogP contribution >= 0.6 is 0 Å². The zero-order chi connectivity index (χ0) is 10.7. The molecular formula is C8H17NO5. The molecule has 5 N–H and O–H groups in total. The van der Waals surface area contributed by atoms with Crippen LogP contribution in [0, 0.1) is 0 Å². The maximum atomic E-state index is 9.58. The van der Waals surface area contributed by atoms with Crippen LogP contribution in [0.3, 0.4) is 0 Å². The zero-order valence-electron chi connectivity index (χ0n) is 8.00. The van der Waals surface area contributed by atoms with Gasteiger partial charge in [0, 0.05) is 0 Å². The minimum absolute atomic E-state index is 0.436. The van der Waals surface area contributed by atoms with Crippen molar-refractivity contribution in [3.05, 3.63) is 0 Å². The highest BCUT2D eigenvalue weighted by atomic mass is 16.6. The molecular weight excluding hydrogens is 190 g/mol. The third-order valence-electron chi connectivity index (χ3n) is 2.34. The van der Waals surface area contributed by atoms with E-state index in [0.29, 0.717) is 6.54 Å².